The molecule has 0 N–H and O–H groups in total. The highest BCUT2D eigenvalue weighted by atomic mass is 19.4. The van der Waals surface area contributed by atoms with E-state index < -0.39 is 30.3 Å². The van der Waals surface area contributed by atoms with E-state index in [-0.39, 0.29) is 11.3 Å². The standard InChI is InChI=1S/C17H23F6N/c1-2-3-4-5-6-7-10-13-24(17(22,23)16(19,20)21)15-12-9-8-11-14(15)18/h8-9,11-12H,2-7,10,13H2,1H3. The lowest BCUT2D eigenvalue weighted by atomic mass is 10.1. The van der Waals surface area contributed by atoms with Gasteiger partial charge in [0.05, 0.1) is 5.69 Å². The summed E-state index contributed by atoms with van der Waals surface area (Å²) in [6.07, 6.45) is -0.240. The molecule has 138 valence electrons. The fourth-order valence-corrected chi connectivity index (χ4v) is 2.46. The number of rotatable bonds is 10. The predicted molar refractivity (Wildman–Crippen MR) is 82.7 cm³/mol. The van der Waals surface area contributed by atoms with Gasteiger partial charge in [-0.15, -0.1) is 0 Å². The van der Waals surface area contributed by atoms with Crippen LogP contribution < -0.4 is 4.90 Å². The molecular weight excluding hydrogens is 332 g/mol. The topological polar surface area (TPSA) is 3.24 Å². The number of benzene rings is 1. The average molecular weight is 355 g/mol. The molecule has 1 aromatic rings. The van der Waals surface area contributed by atoms with Crippen molar-refractivity contribution in [2.45, 2.75) is 64.1 Å². The molecule has 0 bridgehead atoms. The van der Waals surface area contributed by atoms with E-state index in [1.807, 2.05) is 0 Å². The summed E-state index contributed by atoms with van der Waals surface area (Å²) < 4.78 is 79.4. The van der Waals surface area contributed by atoms with Gasteiger partial charge in [0.1, 0.15) is 5.82 Å². The van der Waals surface area contributed by atoms with E-state index >= 15 is 0 Å². The Labute approximate surface area is 138 Å². The van der Waals surface area contributed by atoms with Crippen molar-refractivity contribution in [3.05, 3.63) is 30.1 Å². The SMILES string of the molecule is CCCCCCCCCN(c1ccccc1F)C(F)(F)C(F)(F)F. The molecule has 1 rings (SSSR count). The molecule has 0 aliphatic heterocycles. The summed E-state index contributed by atoms with van der Waals surface area (Å²) >= 11 is 0. The smallest absolute Gasteiger partial charge is 0.303 e. The lowest BCUT2D eigenvalue weighted by Gasteiger charge is -2.34. The maximum atomic E-state index is 13.8. The molecule has 1 aromatic carbocycles. The van der Waals surface area contributed by atoms with Crippen molar-refractivity contribution in [3.8, 4) is 0 Å². The van der Waals surface area contributed by atoms with E-state index in [9.17, 15) is 26.3 Å². The highest BCUT2D eigenvalue weighted by Crippen LogP contribution is 2.41. The number of halogens is 6. The monoisotopic (exact) mass is 355 g/mol. The average Bonchev–Trinajstić information content (AvgIpc) is 2.50. The largest absolute Gasteiger partial charge is 0.475 e. The maximum absolute atomic E-state index is 13.8. The van der Waals surface area contributed by atoms with E-state index in [0.717, 1.165) is 44.2 Å². The first-order valence-corrected chi connectivity index (χ1v) is 8.18. The summed E-state index contributed by atoms with van der Waals surface area (Å²) in [5, 5.41) is 0. The second kappa shape index (κ2) is 9.18. The Kier molecular flexibility index (Phi) is 7.90. The normalized spacial score (nSPS) is 12.5. The number of anilines is 1. The first-order chi connectivity index (χ1) is 11.2. The lowest BCUT2D eigenvalue weighted by molar-refractivity contribution is -0.281. The van der Waals surface area contributed by atoms with Gasteiger partial charge in [0.2, 0.25) is 0 Å². The quantitative estimate of drug-likeness (QED) is 0.262. The predicted octanol–water partition coefficient (Wildman–Crippen LogP) is 6.54. The summed E-state index contributed by atoms with van der Waals surface area (Å²) in [6, 6.07) is -0.813. The number of alkyl halides is 5. The molecule has 0 amide bonds. The van der Waals surface area contributed by atoms with Gasteiger partial charge in [-0.2, -0.15) is 22.0 Å². The van der Waals surface area contributed by atoms with Gasteiger partial charge in [0, 0.05) is 6.54 Å². The minimum absolute atomic E-state index is 0.145. The van der Waals surface area contributed by atoms with Crippen molar-refractivity contribution in [1.29, 1.82) is 0 Å². The van der Waals surface area contributed by atoms with Crippen LogP contribution in [0.2, 0.25) is 0 Å². The zero-order valence-electron chi connectivity index (χ0n) is 13.7. The summed E-state index contributed by atoms with van der Waals surface area (Å²) in [6.45, 7) is 1.51. The summed E-state index contributed by atoms with van der Waals surface area (Å²) in [5.41, 5.74) is -0.731. The molecular formula is C17H23F6N. The first kappa shape index (κ1) is 20.6. The third-order valence-electron chi connectivity index (χ3n) is 3.81. The molecule has 0 spiro atoms. The highest BCUT2D eigenvalue weighted by molar-refractivity contribution is 5.49. The number of unbranched alkanes of at least 4 members (excludes halogenated alkanes) is 6. The maximum Gasteiger partial charge on any atom is 0.475 e. The van der Waals surface area contributed by atoms with Gasteiger partial charge in [0.15, 0.2) is 0 Å². The van der Waals surface area contributed by atoms with Crippen LogP contribution >= 0.6 is 0 Å². The zero-order valence-corrected chi connectivity index (χ0v) is 13.7. The second-order valence-corrected chi connectivity index (χ2v) is 5.76. The van der Waals surface area contributed by atoms with Crippen LogP contribution in [0.4, 0.5) is 32.0 Å². The number of nitrogens with zero attached hydrogens (tertiary/aromatic N) is 1. The Bertz CT molecular complexity index is 486. The van der Waals surface area contributed by atoms with Gasteiger partial charge < -0.3 is 4.90 Å². The minimum Gasteiger partial charge on any atom is -0.303 e. The Hall–Kier alpha value is -1.40. The van der Waals surface area contributed by atoms with Crippen LogP contribution in [0.3, 0.4) is 0 Å². The molecule has 7 heteroatoms. The number of hydrogen-bond donors (Lipinski definition) is 0. The Morgan fingerprint density at radius 1 is 0.833 bits per heavy atom. The van der Waals surface area contributed by atoms with Crippen LogP contribution in [-0.2, 0) is 0 Å². The molecule has 0 aliphatic carbocycles. The second-order valence-electron chi connectivity index (χ2n) is 5.76. The summed E-state index contributed by atoms with van der Waals surface area (Å²) in [4.78, 5) is -0.172. The van der Waals surface area contributed by atoms with Gasteiger partial charge in [-0.25, -0.2) is 4.39 Å². The molecule has 0 heterocycles. The van der Waals surface area contributed by atoms with Gasteiger partial charge in [-0.05, 0) is 18.6 Å². The van der Waals surface area contributed by atoms with Crippen molar-refractivity contribution in [1.82, 2.24) is 0 Å². The van der Waals surface area contributed by atoms with Gasteiger partial charge in [0.25, 0.3) is 0 Å². The van der Waals surface area contributed by atoms with Gasteiger partial charge in [-0.3, -0.25) is 0 Å². The van der Waals surface area contributed by atoms with E-state index in [1.54, 1.807) is 0 Å². The number of hydrogen-bond acceptors (Lipinski definition) is 1. The molecule has 0 fully saturated rings. The summed E-state index contributed by atoms with van der Waals surface area (Å²) in [5.74, 6) is -1.09. The molecule has 0 aliphatic rings. The van der Waals surface area contributed by atoms with Crippen LogP contribution in [0, 0.1) is 5.82 Å². The lowest BCUT2D eigenvalue weighted by Crippen LogP contribution is -2.53. The van der Waals surface area contributed by atoms with Gasteiger partial charge >= 0.3 is 12.2 Å². The van der Waals surface area contributed by atoms with Crippen molar-refractivity contribution in [2.75, 3.05) is 11.4 Å². The molecule has 0 aromatic heterocycles. The van der Waals surface area contributed by atoms with Crippen LogP contribution in [0.5, 0.6) is 0 Å². The number of para-hydroxylation sites is 1. The first-order valence-electron chi connectivity index (χ1n) is 8.18. The molecule has 0 saturated carbocycles. The van der Waals surface area contributed by atoms with Crippen molar-refractivity contribution in [2.24, 2.45) is 0 Å². The third-order valence-corrected chi connectivity index (χ3v) is 3.81. The van der Waals surface area contributed by atoms with E-state index in [0.29, 0.717) is 6.42 Å². The van der Waals surface area contributed by atoms with Crippen LogP contribution in [-0.4, -0.2) is 18.8 Å². The molecule has 24 heavy (non-hydrogen) atoms. The van der Waals surface area contributed by atoms with Crippen LogP contribution in [0.15, 0.2) is 24.3 Å². The van der Waals surface area contributed by atoms with Crippen molar-refractivity contribution < 1.29 is 26.3 Å². The fraction of sp³-hybridized carbons (Fsp3) is 0.647. The molecule has 0 radical (unpaired) electrons. The fourth-order valence-electron chi connectivity index (χ4n) is 2.46. The minimum atomic E-state index is -5.77. The van der Waals surface area contributed by atoms with E-state index in [4.69, 9.17) is 0 Å². The third kappa shape index (κ3) is 5.60. The van der Waals surface area contributed by atoms with E-state index in [2.05, 4.69) is 6.92 Å². The molecule has 0 saturated heterocycles. The Balaban J connectivity index is 2.75. The van der Waals surface area contributed by atoms with Crippen molar-refractivity contribution in [3.63, 3.8) is 0 Å². The Morgan fingerprint density at radius 3 is 1.92 bits per heavy atom. The molecule has 0 unspecified atom stereocenters. The zero-order chi connectivity index (χ0) is 18.2. The highest BCUT2D eigenvalue weighted by Gasteiger charge is 2.62. The summed E-state index contributed by atoms with van der Waals surface area (Å²) in [7, 11) is 0. The van der Waals surface area contributed by atoms with E-state index in [1.165, 1.54) is 12.1 Å². The van der Waals surface area contributed by atoms with Crippen LogP contribution in [0.25, 0.3) is 0 Å². The van der Waals surface area contributed by atoms with Gasteiger partial charge in [-0.1, -0.05) is 57.6 Å². The van der Waals surface area contributed by atoms with Crippen molar-refractivity contribution >= 4 is 5.69 Å². The molecule has 1 nitrogen and oxygen atoms in total. The Morgan fingerprint density at radius 2 is 1.38 bits per heavy atom. The molecule has 0 atom stereocenters. The van der Waals surface area contributed by atoms with Crippen LogP contribution in [0.1, 0.15) is 51.9 Å².